The van der Waals surface area contributed by atoms with Gasteiger partial charge in [0.25, 0.3) is 0 Å². The van der Waals surface area contributed by atoms with Crippen LogP contribution in [0.5, 0.6) is 17.2 Å². The molecular formula is C20H19NO5S. The van der Waals surface area contributed by atoms with Crippen LogP contribution in [0.3, 0.4) is 0 Å². The first-order chi connectivity index (χ1) is 13.2. The molecule has 3 rings (SSSR count). The Hall–Kier alpha value is -3.06. The fourth-order valence-electron chi connectivity index (χ4n) is 2.42. The fourth-order valence-corrected chi connectivity index (χ4v) is 3.24. The number of hydrogen-bond donors (Lipinski definition) is 1. The van der Waals surface area contributed by atoms with Crippen LogP contribution >= 0.6 is 11.3 Å². The van der Waals surface area contributed by atoms with E-state index >= 15 is 0 Å². The van der Waals surface area contributed by atoms with E-state index in [1.54, 1.807) is 12.5 Å². The molecule has 0 amide bonds. The summed E-state index contributed by atoms with van der Waals surface area (Å²) in [7, 11) is 1.60. The van der Waals surface area contributed by atoms with E-state index in [4.69, 9.17) is 19.3 Å². The summed E-state index contributed by atoms with van der Waals surface area (Å²) in [6, 6.07) is 15.0. The van der Waals surface area contributed by atoms with E-state index in [-0.39, 0.29) is 6.42 Å². The van der Waals surface area contributed by atoms with Crippen LogP contribution < -0.4 is 14.2 Å². The number of para-hydroxylation sites is 2. The Morgan fingerprint density at radius 1 is 1.04 bits per heavy atom. The molecule has 0 unspecified atom stereocenters. The highest BCUT2D eigenvalue weighted by Gasteiger charge is 2.08. The third-order valence-electron chi connectivity index (χ3n) is 3.66. The van der Waals surface area contributed by atoms with Gasteiger partial charge in [0.1, 0.15) is 24.0 Å². The number of carbonyl (C=O) groups is 1. The highest BCUT2D eigenvalue weighted by atomic mass is 32.1. The SMILES string of the molecule is COc1ccccc1OCCOc1ccc(-c2nc(CC(=O)O)cs2)cc1. The Morgan fingerprint density at radius 3 is 2.44 bits per heavy atom. The highest BCUT2D eigenvalue weighted by molar-refractivity contribution is 7.13. The minimum absolute atomic E-state index is 0.0656. The van der Waals surface area contributed by atoms with E-state index in [0.29, 0.717) is 30.4 Å². The maximum absolute atomic E-state index is 10.7. The summed E-state index contributed by atoms with van der Waals surface area (Å²) in [6.07, 6.45) is -0.0656. The molecule has 7 heteroatoms. The smallest absolute Gasteiger partial charge is 0.309 e. The van der Waals surface area contributed by atoms with Crippen molar-refractivity contribution in [3.63, 3.8) is 0 Å². The molecule has 0 radical (unpaired) electrons. The van der Waals surface area contributed by atoms with Crippen molar-refractivity contribution >= 4 is 17.3 Å². The molecule has 1 aromatic heterocycles. The van der Waals surface area contributed by atoms with E-state index in [2.05, 4.69) is 4.98 Å². The first-order valence-corrected chi connectivity index (χ1v) is 9.19. The quantitative estimate of drug-likeness (QED) is 0.563. The Morgan fingerprint density at radius 2 is 1.74 bits per heavy atom. The molecule has 0 bridgehead atoms. The van der Waals surface area contributed by atoms with Gasteiger partial charge in [-0.15, -0.1) is 11.3 Å². The van der Waals surface area contributed by atoms with Crippen LogP contribution in [0.1, 0.15) is 5.69 Å². The van der Waals surface area contributed by atoms with Crippen LogP contribution in [0, 0.1) is 0 Å². The molecule has 3 aromatic rings. The topological polar surface area (TPSA) is 77.9 Å². The molecule has 0 saturated carbocycles. The normalized spacial score (nSPS) is 10.4. The number of ether oxygens (including phenoxy) is 3. The number of benzene rings is 2. The van der Waals surface area contributed by atoms with Crippen molar-refractivity contribution in [1.29, 1.82) is 0 Å². The molecule has 6 nitrogen and oxygen atoms in total. The van der Waals surface area contributed by atoms with Crippen LogP contribution in [0.2, 0.25) is 0 Å². The van der Waals surface area contributed by atoms with Crippen molar-refractivity contribution in [2.45, 2.75) is 6.42 Å². The lowest BCUT2D eigenvalue weighted by Crippen LogP contribution is -2.09. The number of carboxylic acid groups (broad SMARTS) is 1. The Bertz CT molecular complexity index is 891. The van der Waals surface area contributed by atoms with Crippen molar-refractivity contribution in [1.82, 2.24) is 4.98 Å². The van der Waals surface area contributed by atoms with Gasteiger partial charge in [-0.05, 0) is 36.4 Å². The number of carboxylic acids is 1. The van der Waals surface area contributed by atoms with Crippen molar-refractivity contribution in [3.05, 3.63) is 59.6 Å². The van der Waals surface area contributed by atoms with Crippen molar-refractivity contribution in [2.24, 2.45) is 0 Å². The minimum Gasteiger partial charge on any atom is -0.493 e. The summed E-state index contributed by atoms with van der Waals surface area (Å²) >= 11 is 1.43. The fraction of sp³-hybridized carbons (Fsp3) is 0.200. The molecule has 0 aliphatic heterocycles. The van der Waals surface area contributed by atoms with Gasteiger partial charge in [0.2, 0.25) is 0 Å². The third-order valence-corrected chi connectivity index (χ3v) is 4.60. The number of rotatable bonds is 9. The average Bonchev–Trinajstić information content (AvgIpc) is 3.13. The lowest BCUT2D eigenvalue weighted by atomic mass is 10.2. The summed E-state index contributed by atoms with van der Waals surface area (Å²) in [5, 5.41) is 11.4. The molecule has 0 spiro atoms. The van der Waals surface area contributed by atoms with E-state index < -0.39 is 5.97 Å². The summed E-state index contributed by atoms with van der Waals surface area (Å²) in [5.41, 5.74) is 1.49. The van der Waals surface area contributed by atoms with E-state index in [0.717, 1.165) is 16.3 Å². The van der Waals surface area contributed by atoms with Gasteiger partial charge in [0.15, 0.2) is 11.5 Å². The van der Waals surface area contributed by atoms with Crippen LogP contribution in [-0.4, -0.2) is 36.4 Å². The third kappa shape index (κ3) is 5.21. The predicted molar refractivity (Wildman–Crippen MR) is 103 cm³/mol. The average molecular weight is 385 g/mol. The lowest BCUT2D eigenvalue weighted by molar-refractivity contribution is -0.136. The Labute approximate surface area is 161 Å². The van der Waals surface area contributed by atoms with Crippen molar-refractivity contribution in [3.8, 4) is 27.8 Å². The highest BCUT2D eigenvalue weighted by Crippen LogP contribution is 2.27. The van der Waals surface area contributed by atoms with Crippen LogP contribution in [0.25, 0.3) is 10.6 Å². The number of nitrogens with zero attached hydrogens (tertiary/aromatic N) is 1. The second-order valence-electron chi connectivity index (χ2n) is 5.59. The number of thiazole rings is 1. The zero-order chi connectivity index (χ0) is 19.1. The van der Waals surface area contributed by atoms with E-state index in [1.807, 2.05) is 48.5 Å². The standard InChI is InChI=1S/C20H19NO5S/c1-24-17-4-2-3-5-18(17)26-11-10-25-16-8-6-14(7-9-16)20-21-15(13-27-20)12-19(22)23/h2-9,13H,10-12H2,1H3,(H,22,23). The molecule has 2 aromatic carbocycles. The Balaban J connectivity index is 1.50. The predicted octanol–water partition coefficient (Wildman–Crippen LogP) is 3.90. The molecule has 0 aliphatic rings. The first-order valence-electron chi connectivity index (χ1n) is 8.31. The number of methoxy groups -OCH3 is 1. The molecule has 0 fully saturated rings. The lowest BCUT2D eigenvalue weighted by Gasteiger charge is -2.11. The second-order valence-corrected chi connectivity index (χ2v) is 6.44. The van der Waals surface area contributed by atoms with Gasteiger partial charge in [0.05, 0.1) is 19.2 Å². The molecule has 1 heterocycles. The first kappa shape index (κ1) is 18.7. The van der Waals surface area contributed by atoms with Crippen LogP contribution in [-0.2, 0) is 11.2 Å². The van der Waals surface area contributed by atoms with Gasteiger partial charge in [-0.25, -0.2) is 4.98 Å². The molecule has 0 saturated heterocycles. The minimum atomic E-state index is -0.883. The van der Waals surface area contributed by atoms with Gasteiger partial charge in [0, 0.05) is 10.9 Å². The summed E-state index contributed by atoms with van der Waals surface area (Å²) in [4.78, 5) is 15.1. The van der Waals surface area contributed by atoms with E-state index in [9.17, 15) is 4.79 Å². The summed E-state index contributed by atoms with van der Waals surface area (Å²) < 4.78 is 16.6. The van der Waals surface area contributed by atoms with Crippen molar-refractivity contribution < 1.29 is 24.1 Å². The molecule has 0 aliphatic carbocycles. The van der Waals surface area contributed by atoms with Gasteiger partial charge < -0.3 is 19.3 Å². The molecule has 27 heavy (non-hydrogen) atoms. The number of hydrogen-bond acceptors (Lipinski definition) is 6. The molecular weight excluding hydrogens is 366 g/mol. The maximum atomic E-state index is 10.7. The number of aliphatic carboxylic acids is 1. The maximum Gasteiger partial charge on any atom is 0.309 e. The summed E-state index contributed by atoms with van der Waals surface area (Å²) in [5.74, 6) is 1.21. The van der Waals surface area contributed by atoms with Gasteiger partial charge >= 0.3 is 5.97 Å². The largest absolute Gasteiger partial charge is 0.493 e. The number of aromatic nitrogens is 1. The molecule has 140 valence electrons. The zero-order valence-corrected chi connectivity index (χ0v) is 15.6. The summed E-state index contributed by atoms with van der Waals surface area (Å²) in [6.45, 7) is 0.796. The van der Waals surface area contributed by atoms with Gasteiger partial charge in [-0.3, -0.25) is 4.79 Å². The molecule has 0 atom stereocenters. The zero-order valence-electron chi connectivity index (χ0n) is 14.8. The van der Waals surface area contributed by atoms with E-state index in [1.165, 1.54) is 11.3 Å². The monoisotopic (exact) mass is 385 g/mol. The van der Waals surface area contributed by atoms with Crippen LogP contribution in [0.4, 0.5) is 0 Å². The van der Waals surface area contributed by atoms with Gasteiger partial charge in [-0.1, -0.05) is 12.1 Å². The van der Waals surface area contributed by atoms with Crippen LogP contribution in [0.15, 0.2) is 53.9 Å². The van der Waals surface area contributed by atoms with Gasteiger partial charge in [-0.2, -0.15) is 0 Å². The van der Waals surface area contributed by atoms with Crippen molar-refractivity contribution in [2.75, 3.05) is 20.3 Å². The second kappa shape index (κ2) is 9.05. The Kier molecular flexibility index (Phi) is 6.27. The molecule has 1 N–H and O–H groups in total.